The number of imidazole rings is 1. The molecule has 3 aromatic rings. The molecule has 0 unspecified atom stereocenters. The van der Waals surface area contributed by atoms with Gasteiger partial charge in [0.05, 0.1) is 25.4 Å². The Morgan fingerprint density at radius 2 is 1.69 bits per heavy atom. The third kappa shape index (κ3) is 8.15. The van der Waals surface area contributed by atoms with Crippen LogP contribution in [0.1, 0.15) is 44.6 Å². The number of hydrogen-bond donors (Lipinski definition) is 3. The molecule has 0 bridgehead atoms. The summed E-state index contributed by atoms with van der Waals surface area (Å²) in [4.78, 5) is 43.9. The highest BCUT2D eigenvalue weighted by atomic mass is 16.6. The second kappa shape index (κ2) is 11.9. The fourth-order valence-electron chi connectivity index (χ4n) is 3.19. The van der Waals surface area contributed by atoms with E-state index in [1.54, 1.807) is 51.2 Å². The van der Waals surface area contributed by atoms with Crippen molar-refractivity contribution in [1.82, 2.24) is 15.3 Å². The molecule has 2 amide bonds. The van der Waals surface area contributed by atoms with Crippen molar-refractivity contribution in [3.63, 3.8) is 0 Å². The predicted octanol–water partition coefficient (Wildman–Crippen LogP) is 4.95. The number of hydrogen-bond acceptors (Lipinski definition) is 7. The van der Waals surface area contributed by atoms with Crippen LogP contribution in [0.25, 0.3) is 11.3 Å². The molecule has 1 aromatic heterocycles. The van der Waals surface area contributed by atoms with Crippen molar-refractivity contribution in [3.05, 3.63) is 72.2 Å². The maximum Gasteiger partial charge on any atom is 0.411 e. The Balaban J connectivity index is 1.73. The van der Waals surface area contributed by atoms with E-state index < -0.39 is 29.8 Å². The highest BCUT2D eigenvalue weighted by Gasteiger charge is 2.25. The van der Waals surface area contributed by atoms with E-state index in [0.717, 1.165) is 11.1 Å². The lowest BCUT2D eigenvalue weighted by molar-refractivity contribution is -0.145. The number of aromatic amines is 1. The Kier molecular flexibility index (Phi) is 8.66. The number of alkyl carbamates (subject to hydrolysis) is 1. The molecule has 190 valence electrons. The van der Waals surface area contributed by atoms with Crippen molar-refractivity contribution in [1.29, 1.82) is 0 Å². The fraction of sp³-hybridized carbons (Fsp3) is 0.308. The highest BCUT2D eigenvalue weighted by molar-refractivity contribution is 5.84. The zero-order chi connectivity index (χ0) is 26.1. The van der Waals surface area contributed by atoms with E-state index in [1.807, 2.05) is 30.3 Å². The van der Waals surface area contributed by atoms with Crippen molar-refractivity contribution in [2.75, 3.05) is 12.4 Å². The molecule has 0 saturated carbocycles. The number of rotatable bonds is 8. The lowest BCUT2D eigenvalue weighted by Gasteiger charge is -2.22. The summed E-state index contributed by atoms with van der Waals surface area (Å²) in [5.41, 5.74) is 2.15. The number of aromatic nitrogens is 2. The van der Waals surface area contributed by atoms with Gasteiger partial charge in [-0.2, -0.15) is 0 Å². The molecule has 10 heteroatoms. The quantitative estimate of drug-likeness (QED) is 0.298. The monoisotopic (exact) mass is 494 g/mol. The Morgan fingerprint density at radius 1 is 1.00 bits per heavy atom. The number of carbonyl (C=O) groups is 3. The van der Waals surface area contributed by atoms with Crippen LogP contribution in [0.5, 0.6) is 0 Å². The number of anilines is 1. The maximum atomic E-state index is 12.6. The van der Waals surface area contributed by atoms with Crippen LogP contribution in [0, 0.1) is 0 Å². The van der Waals surface area contributed by atoms with Crippen molar-refractivity contribution < 1.29 is 28.6 Å². The van der Waals surface area contributed by atoms with Crippen LogP contribution in [0.2, 0.25) is 0 Å². The molecule has 0 aliphatic rings. The molecule has 0 saturated heterocycles. The number of amides is 2. The first-order chi connectivity index (χ1) is 17.1. The summed E-state index contributed by atoms with van der Waals surface area (Å²) in [7, 11) is 1.29. The summed E-state index contributed by atoms with van der Waals surface area (Å²) in [5.74, 6) is -0.139. The minimum Gasteiger partial charge on any atom is -0.461 e. The molecule has 3 rings (SSSR count). The molecule has 10 nitrogen and oxygen atoms in total. The molecule has 0 fully saturated rings. The first kappa shape index (κ1) is 26.3. The van der Waals surface area contributed by atoms with Crippen molar-refractivity contribution in [2.24, 2.45) is 0 Å². The van der Waals surface area contributed by atoms with Crippen LogP contribution in [-0.4, -0.2) is 40.8 Å². The van der Waals surface area contributed by atoms with E-state index in [4.69, 9.17) is 9.47 Å². The largest absolute Gasteiger partial charge is 0.461 e. The van der Waals surface area contributed by atoms with Crippen LogP contribution in [0.3, 0.4) is 0 Å². The molecular formula is C26H30N4O6. The van der Waals surface area contributed by atoms with Crippen molar-refractivity contribution in [3.8, 4) is 11.3 Å². The lowest BCUT2D eigenvalue weighted by atomic mass is 10.1. The zero-order valence-electron chi connectivity index (χ0n) is 20.7. The second-order valence-electron chi connectivity index (χ2n) is 8.93. The van der Waals surface area contributed by atoms with Crippen LogP contribution in [0.15, 0.2) is 60.8 Å². The average molecular weight is 495 g/mol. The van der Waals surface area contributed by atoms with Gasteiger partial charge >= 0.3 is 18.2 Å². The molecule has 0 aliphatic carbocycles. The number of nitrogens with one attached hydrogen (secondary N) is 3. The number of H-pyrrole nitrogens is 1. The van der Waals surface area contributed by atoms with Crippen LogP contribution in [0.4, 0.5) is 15.3 Å². The molecule has 0 spiro atoms. The van der Waals surface area contributed by atoms with Gasteiger partial charge in [-0.1, -0.05) is 42.5 Å². The molecule has 0 radical (unpaired) electrons. The van der Waals surface area contributed by atoms with Crippen LogP contribution < -0.4 is 10.6 Å². The summed E-state index contributed by atoms with van der Waals surface area (Å²) in [6.45, 7) is 5.37. The van der Waals surface area contributed by atoms with E-state index in [0.29, 0.717) is 17.2 Å². The summed E-state index contributed by atoms with van der Waals surface area (Å²) in [6, 6.07) is 15.5. The minimum atomic E-state index is -0.808. The Morgan fingerprint density at radius 3 is 2.33 bits per heavy atom. The smallest absolute Gasteiger partial charge is 0.411 e. The van der Waals surface area contributed by atoms with Gasteiger partial charge in [0, 0.05) is 5.69 Å². The van der Waals surface area contributed by atoms with Crippen LogP contribution in [-0.2, 0) is 25.6 Å². The molecule has 3 N–H and O–H groups in total. The summed E-state index contributed by atoms with van der Waals surface area (Å²) in [5, 5.41) is 5.28. The van der Waals surface area contributed by atoms with Gasteiger partial charge in [-0.25, -0.2) is 14.6 Å². The second-order valence-corrected chi connectivity index (χ2v) is 8.93. The summed E-state index contributed by atoms with van der Waals surface area (Å²) in [6.07, 6.45) is 0.194. The van der Waals surface area contributed by atoms with Crippen molar-refractivity contribution in [2.45, 2.75) is 45.4 Å². The van der Waals surface area contributed by atoms with Gasteiger partial charge in [0.25, 0.3) is 0 Å². The first-order valence-electron chi connectivity index (χ1n) is 11.3. The zero-order valence-corrected chi connectivity index (χ0v) is 20.7. The SMILES string of the molecule is COC(=O)Nc1ccc(-c2cnc([C@H](CC(=O)OCc3ccccc3)NC(=O)OC(C)(C)C)[nH]2)cc1. The average Bonchev–Trinajstić information content (AvgIpc) is 3.32. The molecule has 1 heterocycles. The Labute approximate surface area is 209 Å². The number of esters is 1. The van der Waals surface area contributed by atoms with Gasteiger partial charge in [0.2, 0.25) is 0 Å². The molecule has 2 aromatic carbocycles. The van der Waals surface area contributed by atoms with Gasteiger partial charge in [0.1, 0.15) is 24.1 Å². The molecule has 1 atom stereocenters. The highest BCUT2D eigenvalue weighted by Crippen LogP contribution is 2.23. The van der Waals surface area contributed by atoms with Crippen LogP contribution >= 0.6 is 0 Å². The van der Waals surface area contributed by atoms with E-state index in [9.17, 15) is 14.4 Å². The van der Waals surface area contributed by atoms with E-state index in [2.05, 4.69) is 25.3 Å². The summed E-state index contributed by atoms with van der Waals surface area (Å²) < 4.78 is 15.3. The maximum absolute atomic E-state index is 12.6. The standard InChI is InChI=1S/C26H30N4O6/c1-26(2,3)36-25(33)30-20(14-22(31)35-16-17-8-6-5-7-9-17)23-27-15-21(29-23)18-10-12-19(13-11-18)28-24(32)34-4/h5-13,15,20H,14,16H2,1-4H3,(H,27,29)(H,28,32)(H,30,33)/t20-/m0/s1. The topological polar surface area (TPSA) is 132 Å². The predicted molar refractivity (Wildman–Crippen MR) is 133 cm³/mol. The molecule has 0 aliphatic heterocycles. The van der Waals surface area contributed by atoms with Gasteiger partial charge in [0.15, 0.2) is 0 Å². The Bertz CT molecular complexity index is 1170. The minimum absolute atomic E-state index is 0.119. The van der Waals surface area contributed by atoms with Gasteiger partial charge < -0.3 is 24.5 Å². The van der Waals surface area contributed by atoms with E-state index in [1.165, 1.54) is 7.11 Å². The summed E-state index contributed by atoms with van der Waals surface area (Å²) >= 11 is 0. The number of benzene rings is 2. The third-order valence-electron chi connectivity index (χ3n) is 4.86. The van der Waals surface area contributed by atoms with Gasteiger partial charge in [-0.3, -0.25) is 10.1 Å². The number of carbonyl (C=O) groups excluding carboxylic acids is 3. The third-order valence-corrected chi connectivity index (χ3v) is 4.86. The number of nitrogens with zero attached hydrogens (tertiary/aromatic N) is 1. The van der Waals surface area contributed by atoms with E-state index in [-0.39, 0.29) is 13.0 Å². The lowest BCUT2D eigenvalue weighted by Crippen LogP contribution is -2.36. The first-order valence-corrected chi connectivity index (χ1v) is 11.3. The Hall–Kier alpha value is -4.34. The van der Waals surface area contributed by atoms with Gasteiger partial charge in [-0.15, -0.1) is 0 Å². The molecule has 36 heavy (non-hydrogen) atoms. The molecular weight excluding hydrogens is 464 g/mol. The number of methoxy groups -OCH3 is 1. The van der Waals surface area contributed by atoms with Crippen molar-refractivity contribution >= 4 is 23.8 Å². The fourth-order valence-corrected chi connectivity index (χ4v) is 3.19. The number of ether oxygens (including phenoxy) is 3. The van der Waals surface area contributed by atoms with Gasteiger partial charge in [-0.05, 0) is 44.0 Å². The van der Waals surface area contributed by atoms with E-state index >= 15 is 0 Å². The normalized spacial score (nSPS) is 11.8.